The normalized spacial score (nSPS) is 18.1. The van der Waals surface area contributed by atoms with Crippen molar-refractivity contribution in [1.29, 1.82) is 0 Å². The maximum atomic E-state index is 11.5. The highest BCUT2D eigenvalue weighted by molar-refractivity contribution is 6.39. The lowest BCUT2D eigenvalue weighted by atomic mass is 10.1. The molecule has 0 unspecified atom stereocenters. The first-order chi connectivity index (χ1) is 6.25. The molecular weight excluding hydrogens is 166 g/mol. The molecule has 0 radical (unpaired) electrons. The zero-order chi connectivity index (χ0) is 9.42. The van der Waals surface area contributed by atoms with Gasteiger partial charge in [-0.25, -0.2) is 0 Å². The molecule has 1 heterocycles. The zero-order valence-corrected chi connectivity index (χ0v) is 7.07. The number of pyridine rings is 1. The molecule has 1 aromatic rings. The second-order valence-corrected chi connectivity index (χ2v) is 2.78. The summed E-state index contributed by atoms with van der Waals surface area (Å²) in [6.45, 7) is 1.68. The van der Waals surface area contributed by atoms with Gasteiger partial charge in [0.25, 0.3) is 0 Å². The molecule has 0 atom stereocenters. The molecule has 13 heavy (non-hydrogen) atoms. The number of hydrogen-bond acceptors (Lipinski definition) is 3. The van der Waals surface area contributed by atoms with Gasteiger partial charge < -0.3 is 0 Å². The molecule has 64 valence electrons. The summed E-state index contributed by atoms with van der Waals surface area (Å²) in [6, 6.07) is 1.58. The number of fused-ring (bicyclic) bond motifs is 1. The van der Waals surface area contributed by atoms with Gasteiger partial charge in [0.05, 0.1) is 11.1 Å². The van der Waals surface area contributed by atoms with Gasteiger partial charge in [-0.15, -0.1) is 0 Å². The Morgan fingerprint density at radius 1 is 1.23 bits per heavy atom. The lowest BCUT2D eigenvalue weighted by Crippen LogP contribution is -1.99. The molecule has 2 rings (SSSR count). The van der Waals surface area contributed by atoms with Gasteiger partial charge in [0.2, 0.25) is 0 Å². The molecule has 3 heteroatoms. The van der Waals surface area contributed by atoms with E-state index in [1.807, 2.05) is 0 Å². The van der Waals surface area contributed by atoms with E-state index in [1.54, 1.807) is 19.1 Å². The Labute approximate surface area is 75.1 Å². The van der Waals surface area contributed by atoms with Crippen LogP contribution in [0.15, 0.2) is 30.1 Å². The highest BCUT2D eigenvalue weighted by Crippen LogP contribution is 2.24. The first-order valence-electron chi connectivity index (χ1n) is 3.95. The molecule has 1 aromatic heterocycles. The van der Waals surface area contributed by atoms with Gasteiger partial charge in [-0.1, -0.05) is 6.08 Å². The van der Waals surface area contributed by atoms with Crippen molar-refractivity contribution in [1.82, 2.24) is 4.98 Å². The molecule has 0 bridgehead atoms. The van der Waals surface area contributed by atoms with Crippen molar-refractivity contribution in [3.63, 3.8) is 0 Å². The van der Waals surface area contributed by atoms with Gasteiger partial charge in [-0.05, 0) is 13.0 Å². The van der Waals surface area contributed by atoms with Crippen LogP contribution in [0.25, 0.3) is 0 Å². The number of rotatable bonds is 0. The van der Waals surface area contributed by atoms with E-state index < -0.39 is 0 Å². The number of aromatic nitrogens is 1. The second kappa shape index (κ2) is 2.62. The van der Waals surface area contributed by atoms with Crippen LogP contribution >= 0.6 is 0 Å². The van der Waals surface area contributed by atoms with Gasteiger partial charge >= 0.3 is 0 Å². The van der Waals surface area contributed by atoms with E-state index in [9.17, 15) is 9.59 Å². The minimum Gasteiger partial charge on any atom is -0.288 e. The summed E-state index contributed by atoms with van der Waals surface area (Å²) < 4.78 is 0. The van der Waals surface area contributed by atoms with Crippen LogP contribution in [0.1, 0.15) is 27.6 Å². The van der Waals surface area contributed by atoms with Crippen molar-refractivity contribution >= 4 is 11.6 Å². The summed E-state index contributed by atoms with van der Waals surface area (Å²) in [6.07, 6.45) is 4.50. The van der Waals surface area contributed by atoms with E-state index in [0.29, 0.717) is 11.1 Å². The Balaban J connectivity index is 2.71. The van der Waals surface area contributed by atoms with Crippen LogP contribution in [-0.2, 0) is 0 Å². The van der Waals surface area contributed by atoms with E-state index in [-0.39, 0.29) is 17.1 Å². The zero-order valence-electron chi connectivity index (χ0n) is 7.07. The van der Waals surface area contributed by atoms with E-state index in [4.69, 9.17) is 0 Å². The minimum atomic E-state index is -0.212. The standard InChI is InChI=1S/C10H7NO2/c1-2-6-9(12)7-3-4-11-5-8(7)10(6)13/h2-5H,1H3/b6-2+. The Kier molecular flexibility index (Phi) is 1.59. The third-order valence-electron chi connectivity index (χ3n) is 2.09. The van der Waals surface area contributed by atoms with Gasteiger partial charge in [-0.2, -0.15) is 0 Å². The number of hydrogen-bond donors (Lipinski definition) is 0. The van der Waals surface area contributed by atoms with Gasteiger partial charge in [0.1, 0.15) is 0 Å². The van der Waals surface area contributed by atoms with Crippen molar-refractivity contribution in [3.05, 3.63) is 41.2 Å². The molecule has 0 fully saturated rings. The third-order valence-corrected chi connectivity index (χ3v) is 2.09. The number of Topliss-reactive ketones (excluding diaryl/α,β-unsaturated/α-hetero) is 2. The Hall–Kier alpha value is -1.77. The first kappa shape index (κ1) is 7.86. The van der Waals surface area contributed by atoms with Crippen molar-refractivity contribution < 1.29 is 9.59 Å². The molecule has 0 saturated heterocycles. The quantitative estimate of drug-likeness (QED) is 0.440. The molecule has 0 saturated carbocycles. The first-order valence-corrected chi connectivity index (χ1v) is 3.95. The summed E-state index contributed by atoms with van der Waals surface area (Å²) in [5.74, 6) is -0.402. The lowest BCUT2D eigenvalue weighted by molar-refractivity contribution is 0.0988. The van der Waals surface area contributed by atoms with Crippen molar-refractivity contribution in [2.45, 2.75) is 6.92 Å². The molecule has 0 amide bonds. The minimum absolute atomic E-state index is 0.190. The lowest BCUT2D eigenvalue weighted by Gasteiger charge is -1.89. The second-order valence-electron chi connectivity index (χ2n) is 2.78. The molecule has 1 aliphatic rings. The Bertz CT molecular complexity index is 395. The van der Waals surface area contributed by atoms with E-state index >= 15 is 0 Å². The van der Waals surface area contributed by atoms with Crippen LogP contribution < -0.4 is 0 Å². The Morgan fingerprint density at radius 3 is 2.54 bits per heavy atom. The van der Waals surface area contributed by atoms with E-state index in [1.165, 1.54) is 12.4 Å². The van der Waals surface area contributed by atoms with Crippen molar-refractivity contribution in [2.75, 3.05) is 0 Å². The molecule has 1 aliphatic carbocycles. The van der Waals surface area contributed by atoms with Gasteiger partial charge in [0, 0.05) is 18.0 Å². The summed E-state index contributed by atoms with van der Waals surface area (Å²) in [5, 5.41) is 0. The predicted molar refractivity (Wildman–Crippen MR) is 46.7 cm³/mol. The fourth-order valence-corrected chi connectivity index (χ4v) is 1.43. The van der Waals surface area contributed by atoms with Crippen LogP contribution in [0.3, 0.4) is 0 Å². The highest BCUT2D eigenvalue weighted by atomic mass is 16.2. The van der Waals surface area contributed by atoms with Crippen LogP contribution in [0.2, 0.25) is 0 Å². The van der Waals surface area contributed by atoms with Gasteiger partial charge in [-0.3, -0.25) is 14.6 Å². The van der Waals surface area contributed by atoms with Crippen molar-refractivity contribution in [2.24, 2.45) is 0 Å². The number of nitrogens with zero attached hydrogens (tertiary/aromatic N) is 1. The maximum Gasteiger partial charge on any atom is 0.198 e. The van der Waals surface area contributed by atoms with E-state index in [0.717, 1.165) is 0 Å². The van der Waals surface area contributed by atoms with Gasteiger partial charge in [0.15, 0.2) is 11.6 Å². The molecule has 0 N–H and O–H groups in total. The summed E-state index contributed by atoms with van der Waals surface area (Å²) in [4.78, 5) is 26.8. The van der Waals surface area contributed by atoms with Crippen LogP contribution in [0, 0.1) is 0 Å². The smallest absolute Gasteiger partial charge is 0.198 e. The molecule has 0 aliphatic heterocycles. The number of allylic oxidation sites excluding steroid dienone is 2. The fraction of sp³-hybridized carbons (Fsp3) is 0.100. The van der Waals surface area contributed by atoms with E-state index in [2.05, 4.69) is 4.98 Å². The maximum absolute atomic E-state index is 11.5. The van der Waals surface area contributed by atoms with Crippen LogP contribution in [-0.4, -0.2) is 16.6 Å². The average Bonchev–Trinajstić information content (AvgIpc) is 2.41. The molecule has 0 aromatic carbocycles. The topological polar surface area (TPSA) is 47.0 Å². The summed E-state index contributed by atoms with van der Waals surface area (Å²) in [7, 11) is 0. The largest absolute Gasteiger partial charge is 0.288 e. The van der Waals surface area contributed by atoms with Crippen LogP contribution in [0.4, 0.5) is 0 Å². The predicted octanol–water partition coefficient (Wildman–Crippen LogP) is 1.41. The number of carbonyl (C=O) groups is 2. The number of carbonyl (C=O) groups excluding carboxylic acids is 2. The third kappa shape index (κ3) is 0.935. The Morgan fingerprint density at radius 2 is 1.92 bits per heavy atom. The monoisotopic (exact) mass is 173 g/mol. The fourth-order valence-electron chi connectivity index (χ4n) is 1.43. The van der Waals surface area contributed by atoms with Crippen LogP contribution in [0.5, 0.6) is 0 Å². The highest BCUT2D eigenvalue weighted by Gasteiger charge is 2.32. The number of ketones is 2. The molecule has 0 spiro atoms. The summed E-state index contributed by atoms with van der Waals surface area (Å²) in [5.41, 5.74) is 1.14. The molecule has 3 nitrogen and oxygen atoms in total. The van der Waals surface area contributed by atoms with Crippen molar-refractivity contribution in [3.8, 4) is 0 Å². The average molecular weight is 173 g/mol. The SMILES string of the molecule is C/C=C1\C(=O)c2ccncc2C1=O. The molecular formula is C10H7NO2. The summed E-state index contributed by atoms with van der Waals surface area (Å²) >= 11 is 0.